The van der Waals surface area contributed by atoms with Crippen molar-refractivity contribution in [1.29, 1.82) is 0 Å². The number of benzene rings is 1. The van der Waals surface area contributed by atoms with E-state index in [0.717, 1.165) is 69.0 Å². The average Bonchev–Trinajstić information content (AvgIpc) is 2.78. The Morgan fingerprint density at radius 3 is 2.56 bits per heavy atom. The second kappa shape index (κ2) is 10.5. The van der Waals surface area contributed by atoms with Gasteiger partial charge in [-0.3, -0.25) is 4.90 Å². The number of fused-ring (bicyclic) bond motifs is 1. The van der Waals surface area contributed by atoms with Gasteiger partial charge < -0.3 is 15.8 Å². The topological polar surface area (TPSA) is 76.3 Å². The van der Waals surface area contributed by atoms with Crippen LogP contribution in [0.3, 0.4) is 0 Å². The Hall–Kier alpha value is -2.39. The molecule has 4 rings (SSSR count). The molecule has 1 aromatic carbocycles. The molecule has 9 heteroatoms. The number of aromatic nitrogens is 2. The van der Waals surface area contributed by atoms with Crippen LogP contribution in [0, 0.1) is 6.92 Å². The highest BCUT2D eigenvalue weighted by Crippen LogP contribution is 2.32. The molecule has 0 saturated carbocycles. The van der Waals surface area contributed by atoms with Crippen molar-refractivity contribution in [3.05, 3.63) is 46.4 Å². The lowest BCUT2D eigenvalue weighted by Crippen LogP contribution is -2.43. The van der Waals surface area contributed by atoms with Crippen LogP contribution in [-0.2, 0) is 30.4 Å². The molecule has 32 heavy (non-hydrogen) atoms. The van der Waals surface area contributed by atoms with E-state index in [1.807, 2.05) is 20.8 Å². The van der Waals surface area contributed by atoms with Crippen LogP contribution in [0.15, 0.2) is 18.2 Å². The molecule has 2 aromatic rings. The predicted octanol–water partition coefficient (Wildman–Crippen LogP) is 4.56. The van der Waals surface area contributed by atoms with Crippen molar-refractivity contribution in [3.8, 4) is 0 Å². The van der Waals surface area contributed by atoms with Gasteiger partial charge in [-0.2, -0.15) is 13.2 Å². The fourth-order valence-corrected chi connectivity index (χ4v) is 4.24. The molecule has 2 aliphatic heterocycles. The van der Waals surface area contributed by atoms with Crippen LogP contribution in [0.1, 0.15) is 54.9 Å². The Kier molecular flexibility index (Phi) is 7.95. The number of ether oxygens (including phenoxy) is 1. The molecule has 1 fully saturated rings. The van der Waals surface area contributed by atoms with Crippen molar-refractivity contribution < 1.29 is 17.9 Å². The maximum atomic E-state index is 13.1. The highest BCUT2D eigenvalue weighted by Gasteiger charge is 2.31. The van der Waals surface area contributed by atoms with Gasteiger partial charge in [-0.15, -0.1) is 0 Å². The molecular formula is C23H32F3N5O. The summed E-state index contributed by atoms with van der Waals surface area (Å²) in [6.07, 6.45) is -1.58. The third-order valence-electron chi connectivity index (χ3n) is 5.71. The Morgan fingerprint density at radius 2 is 1.88 bits per heavy atom. The summed E-state index contributed by atoms with van der Waals surface area (Å²) < 4.78 is 44.8. The average molecular weight is 452 g/mol. The van der Waals surface area contributed by atoms with Gasteiger partial charge in [0, 0.05) is 56.6 Å². The quantitative estimate of drug-likeness (QED) is 0.664. The van der Waals surface area contributed by atoms with Gasteiger partial charge in [0.05, 0.1) is 11.3 Å². The molecule has 0 spiro atoms. The van der Waals surface area contributed by atoms with Gasteiger partial charge in [0.1, 0.15) is 11.6 Å². The van der Waals surface area contributed by atoms with Crippen LogP contribution in [0.25, 0.3) is 0 Å². The van der Waals surface area contributed by atoms with Crippen LogP contribution >= 0.6 is 0 Å². The predicted molar refractivity (Wildman–Crippen MR) is 119 cm³/mol. The third kappa shape index (κ3) is 5.89. The molecule has 176 valence electrons. The maximum Gasteiger partial charge on any atom is 0.416 e. The lowest BCUT2D eigenvalue weighted by Gasteiger charge is -2.37. The van der Waals surface area contributed by atoms with Gasteiger partial charge in [-0.1, -0.05) is 13.8 Å². The standard InChI is InChI=1S/C21H26F3N5O.C2H6/c1-13-27-19-2-5-29(17-3-6-30-7-4-17)12-18(19)20(28-13)26-11-14-8-15(21(22,23)24)10-16(25)9-14;1-2/h8-10,17H,2-7,11-12,25H2,1H3,(H,26,27,28);1-2H3. The number of rotatable bonds is 4. The first kappa shape index (κ1) is 24.3. The molecule has 6 nitrogen and oxygen atoms in total. The van der Waals surface area contributed by atoms with E-state index in [0.29, 0.717) is 23.2 Å². The summed E-state index contributed by atoms with van der Waals surface area (Å²) >= 11 is 0. The lowest BCUT2D eigenvalue weighted by atomic mass is 10.00. The fourth-order valence-electron chi connectivity index (χ4n) is 4.24. The first-order valence-corrected chi connectivity index (χ1v) is 11.2. The molecule has 0 unspecified atom stereocenters. The first-order chi connectivity index (χ1) is 15.3. The van der Waals surface area contributed by atoms with Gasteiger partial charge in [0.15, 0.2) is 0 Å². The van der Waals surface area contributed by atoms with Crippen LogP contribution in [0.5, 0.6) is 0 Å². The zero-order valence-electron chi connectivity index (χ0n) is 18.9. The van der Waals surface area contributed by atoms with E-state index in [9.17, 15) is 13.2 Å². The van der Waals surface area contributed by atoms with Gasteiger partial charge in [-0.05, 0) is 43.5 Å². The van der Waals surface area contributed by atoms with Gasteiger partial charge in [0.25, 0.3) is 0 Å². The summed E-state index contributed by atoms with van der Waals surface area (Å²) in [6.45, 7) is 9.26. The molecule has 1 aromatic heterocycles. The normalized spacial score (nSPS) is 17.3. The molecule has 0 aliphatic carbocycles. The number of hydrogen-bond donors (Lipinski definition) is 2. The highest BCUT2D eigenvalue weighted by molar-refractivity contribution is 5.50. The van der Waals surface area contributed by atoms with Gasteiger partial charge in [-0.25, -0.2) is 9.97 Å². The van der Waals surface area contributed by atoms with E-state index in [2.05, 4.69) is 20.2 Å². The number of aryl methyl sites for hydroxylation is 1. The van der Waals surface area contributed by atoms with Crippen LogP contribution in [0.2, 0.25) is 0 Å². The molecule has 0 bridgehead atoms. The smallest absolute Gasteiger partial charge is 0.399 e. The van der Waals surface area contributed by atoms with Gasteiger partial charge >= 0.3 is 6.18 Å². The Bertz CT molecular complexity index is 913. The van der Waals surface area contributed by atoms with E-state index >= 15 is 0 Å². The maximum absolute atomic E-state index is 13.1. The van der Waals surface area contributed by atoms with Crippen molar-refractivity contribution in [3.63, 3.8) is 0 Å². The molecule has 2 aliphatic rings. The van der Waals surface area contributed by atoms with Crippen LogP contribution < -0.4 is 11.1 Å². The Labute approximate surface area is 187 Å². The number of nitrogens with one attached hydrogen (secondary N) is 1. The lowest BCUT2D eigenvalue weighted by molar-refractivity contribution is -0.137. The zero-order valence-corrected chi connectivity index (χ0v) is 18.9. The summed E-state index contributed by atoms with van der Waals surface area (Å²) in [6, 6.07) is 4.10. The molecular weight excluding hydrogens is 419 g/mol. The number of nitrogens with zero attached hydrogens (tertiary/aromatic N) is 3. The van der Waals surface area contributed by atoms with Crippen molar-refractivity contribution >= 4 is 11.5 Å². The highest BCUT2D eigenvalue weighted by atomic mass is 19.4. The van der Waals surface area contributed by atoms with Crippen molar-refractivity contribution in [2.75, 3.05) is 30.8 Å². The number of nitrogen functional groups attached to an aromatic ring is 1. The largest absolute Gasteiger partial charge is 0.416 e. The van der Waals surface area contributed by atoms with Crippen LogP contribution in [0.4, 0.5) is 24.7 Å². The van der Waals surface area contributed by atoms with E-state index < -0.39 is 11.7 Å². The number of alkyl halides is 3. The molecule has 0 atom stereocenters. The summed E-state index contributed by atoms with van der Waals surface area (Å²) in [5, 5.41) is 3.23. The third-order valence-corrected chi connectivity index (χ3v) is 5.71. The fraction of sp³-hybridized carbons (Fsp3) is 0.565. The van der Waals surface area contributed by atoms with Gasteiger partial charge in [0.2, 0.25) is 0 Å². The molecule has 3 N–H and O–H groups in total. The van der Waals surface area contributed by atoms with E-state index in [-0.39, 0.29) is 12.2 Å². The minimum Gasteiger partial charge on any atom is -0.399 e. The van der Waals surface area contributed by atoms with Crippen molar-refractivity contribution in [2.24, 2.45) is 0 Å². The molecule has 3 heterocycles. The summed E-state index contributed by atoms with van der Waals surface area (Å²) in [5.74, 6) is 1.34. The second-order valence-corrected chi connectivity index (χ2v) is 7.92. The minimum atomic E-state index is -4.43. The first-order valence-electron chi connectivity index (χ1n) is 11.2. The molecule has 1 saturated heterocycles. The summed E-state index contributed by atoms with van der Waals surface area (Å²) in [4.78, 5) is 11.6. The number of anilines is 2. The zero-order chi connectivity index (χ0) is 23.3. The number of halogens is 3. The molecule has 0 radical (unpaired) electrons. The summed E-state index contributed by atoms with van der Waals surface area (Å²) in [7, 11) is 0. The minimum absolute atomic E-state index is 0.0909. The number of hydrogen-bond acceptors (Lipinski definition) is 6. The second-order valence-electron chi connectivity index (χ2n) is 7.92. The van der Waals surface area contributed by atoms with Crippen molar-refractivity contribution in [2.45, 2.75) is 65.3 Å². The number of nitrogens with two attached hydrogens (primary N) is 1. The van der Waals surface area contributed by atoms with Crippen molar-refractivity contribution in [1.82, 2.24) is 14.9 Å². The van der Waals surface area contributed by atoms with E-state index in [1.54, 1.807) is 6.07 Å². The van der Waals surface area contributed by atoms with Crippen LogP contribution in [-0.4, -0.2) is 40.7 Å². The summed E-state index contributed by atoms with van der Waals surface area (Å²) in [5.41, 5.74) is 7.54. The van der Waals surface area contributed by atoms with E-state index in [1.165, 1.54) is 0 Å². The van der Waals surface area contributed by atoms with E-state index in [4.69, 9.17) is 10.5 Å². The molecule has 0 amide bonds. The Balaban J connectivity index is 0.00000141. The SMILES string of the molecule is CC.Cc1nc2c(c(NCc3cc(N)cc(C(F)(F)F)c3)n1)CN(C1CCOCC1)CC2. The monoisotopic (exact) mass is 451 g/mol. The Morgan fingerprint density at radius 1 is 1.16 bits per heavy atom.